The Morgan fingerprint density at radius 3 is 2.60 bits per heavy atom. The van der Waals surface area contributed by atoms with Crippen molar-refractivity contribution in [2.75, 3.05) is 7.11 Å². The van der Waals surface area contributed by atoms with Gasteiger partial charge in [-0.3, -0.25) is 4.79 Å². The first kappa shape index (κ1) is 11.4. The Morgan fingerprint density at radius 1 is 1.40 bits per heavy atom. The summed E-state index contributed by atoms with van der Waals surface area (Å²) in [4.78, 5) is 11.0. The minimum absolute atomic E-state index is 0.235. The van der Waals surface area contributed by atoms with Crippen LogP contribution < -0.4 is 10.1 Å². The van der Waals surface area contributed by atoms with Crippen molar-refractivity contribution >= 4 is 29.7 Å². The lowest BCUT2D eigenvalue weighted by atomic mass is 10.2. The molecule has 0 aliphatic heterocycles. The molecule has 1 aromatic rings. The van der Waals surface area contributed by atoms with Crippen molar-refractivity contribution in [1.29, 1.82) is 0 Å². The Hall–Kier alpha value is -1.68. The molecule has 0 radical (unpaired) electrons. The van der Waals surface area contributed by atoms with Crippen LogP contribution in [0.1, 0.15) is 5.56 Å². The summed E-state index contributed by atoms with van der Waals surface area (Å²) in [5.74, 6) is 0.552. The summed E-state index contributed by atoms with van der Waals surface area (Å²) in [6.07, 6.45) is 3.12. The molecule has 0 bridgehead atoms. The number of methoxy groups -OCH3 is 1. The van der Waals surface area contributed by atoms with Gasteiger partial charge in [-0.25, -0.2) is 0 Å². The van der Waals surface area contributed by atoms with Gasteiger partial charge < -0.3 is 10.1 Å². The van der Waals surface area contributed by atoms with Gasteiger partial charge in [-0.2, -0.15) is 0 Å². The molecule has 15 heavy (non-hydrogen) atoms. The minimum atomic E-state index is -0.235. The van der Waals surface area contributed by atoms with Gasteiger partial charge in [-0.1, -0.05) is 24.4 Å². The molecule has 1 N–H and O–H groups in total. The van der Waals surface area contributed by atoms with Crippen molar-refractivity contribution in [3.63, 3.8) is 0 Å². The molecule has 3 nitrogen and oxygen atoms in total. The van der Waals surface area contributed by atoms with Crippen LogP contribution in [0.3, 0.4) is 0 Å². The molecule has 0 aliphatic carbocycles. The maximum Gasteiger partial charge on any atom is 0.248 e. The van der Waals surface area contributed by atoms with Crippen molar-refractivity contribution in [2.45, 2.75) is 0 Å². The fourth-order valence-corrected chi connectivity index (χ4v) is 1.11. The molecule has 4 heteroatoms. The molecule has 0 aliphatic rings. The van der Waals surface area contributed by atoms with E-state index in [9.17, 15) is 4.79 Å². The number of nitrogens with one attached hydrogen (secondary N) is 1. The van der Waals surface area contributed by atoms with Gasteiger partial charge in [0.25, 0.3) is 0 Å². The van der Waals surface area contributed by atoms with Gasteiger partial charge >= 0.3 is 0 Å². The van der Waals surface area contributed by atoms with E-state index in [1.54, 1.807) is 13.2 Å². The van der Waals surface area contributed by atoms with Crippen LogP contribution in [0.5, 0.6) is 5.75 Å². The van der Waals surface area contributed by atoms with E-state index in [0.717, 1.165) is 11.3 Å². The van der Waals surface area contributed by atoms with E-state index in [1.165, 1.54) is 11.6 Å². The molecule has 0 aromatic heterocycles. The molecule has 0 unspecified atom stereocenters. The fraction of sp³-hybridized carbons (Fsp3) is 0.0909. The van der Waals surface area contributed by atoms with Crippen molar-refractivity contribution in [3.05, 3.63) is 35.9 Å². The number of rotatable bonds is 4. The number of hydrogen-bond acceptors (Lipinski definition) is 3. The fourth-order valence-electron chi connectivity index (χ4n) is 0.993. The molecule has 0 fully saturated rings. The third-order valence-electron chi connectivity index (χ3n) is 1.74. The van der Waals surface area contributed by atoms with Gasteiger partial charge in [0.2, 0.25) is 5.91 Å². The minimum Gasteiger partial charge on any atom is -0.497 e. The van der Waals surface area contributed by atoms with E-state index in [-0.39, 0.29) is 5.91 Å². The number of benzene rings is 1. The first-order valence-corrected chi connectivity index (χ1v) is 4.79. The molecule has 0 atom stereocenters. The van der Waals surface area contributed by atoms with E-state index in [1.807, 2.05) is 24.3 Å². The highest BCUT2D eigenvalue weighted by Gasteiger charge is 1.92. The largest absolute Gasteiger partial charge is 0.497 e. The summed E-state index contributed by atoms with van der Waals surface area (Å²) >= 11 is 4.48. The molecular formula is C11H11NO2S. The van der Waals surface area contributed by atoms with Gasteiger partial charge in [0.15, 0.2) is 0 Å². The lowest BCUT2D eigenvalue weighted by Crippen LogP contribution is -2.16. The highest BCUT2D eigenvalue weighted by Crippen LogP contribution is 2.11. The van der Waals surface area contributed by atoms with Crippen molar-refractivity contribution < 1.29 is 9.53 Å². The van der Waals surface area contributed by atoms with Gasteiger partial charge in [-0.15, -0.1) is 0 Å². The first-order valence-electron chi connectivity index (χ1n) is 4.32. The van der Waals surface area contributed by atoms with E-state index < -0.39 is 0 Å². The molecule has 0 saturated carbocycles. The summed E-state index contributed by atoms with van der Waals surface area (Å²) in [6, 6.07) is 7.38. The monoisotopic (exact) mass is 221 g/mol. The quantitative estimate of drug-likeness (QED) is 0.622. The van der Waals surface area contributed by atoms with Crippen molar-refractivity contribution in [1.82, 2.24) is 5.32 Å². The number of hydrogen-bond donors (Lipinski definition) is 1. The molecule has 1 rings (SSSR count). The van der Waals surface area contributed by atoms with E-state index in [4.69, 9.17) is 4.74 Å². The second-order valence-electron chi connectivity index (χ2n) is 2.73. The Kier molecular flexibility index (Phi) is 4.50. The van der Waals surface area contributed by atoms with Crippen LogP contribution in [0.15, 0.2) is 30.3 Å². The number of carbonyl (C=O) groups excluding carboxylic acids is 1. The van der Waals surface area contributed by atoms with E-state index >= 15 is 0 Å². The van der Waals surface area contributed by atoms with Crippen LogP contribution in [0.4, 0.5) is 0 Å². The van der Waals surface area contributed by atoms with E-state index in [2.05, 4.69) is 17.5 Å². The SMILES string of the molecule is COc1ccc(C=CC(=O)NC=S)cc1. The average Bonchev–Trinajstić information content (AvgIpc) is 2.27. The van der Waals surface area contributed by atoms with Gasteiger partial charge in [-0.05, 0) is 23.8 Å². The summed E-state index contributed by atoms with van der Waals surface area (Å²) in [5.41, 5.74) is 2.11. The maximum atomic E-state index is 11.0. The van der Waals surface area contributed by atoms with Crippen molar-refractivity contribution in [2.24, 2.45) is 0 Å². The first-order chi connectivity index (χ1) is 7.26. The van der Waals surface area contributed by atoms with Crippen LogP contribution in [-0.4, -0.2) is 18.5 Å². The molecule has 0 heterocycles. The molecule has 0 spiro atoms. The zero-order chi connectivity index (χ0) is 11.1. The highest BCUT2D eigenvalue weighted by atomic mass is 32.1. The van der Waals surface area contributed by atoms with Crippen molar-refractivity contribution in [3.8, 4) is 5.75 Å². The molecule has 78 valence electrons. The van der Waals surface area contributed by atoms with E-state index in [0.29, 0.717) is 0 Å². The van der Waals surface area contributed by atoms with Gasteiger partial charge in [0.05, 0.1) is 12.6 Å². The van der Waals surface area contributed by atoms with Crippen LogP contribution in [0, 0.1) is 0 Å². The van der Waals surface area contributed by atoms with Crippen LogP contribution in [0.25, 0.3) is 6.08 Å². The predicted octanol–water partition coefficient (Wildman–Crippen LogP) is 1.78. The summed E-state index contributed by atoms with van der Waals surface area (Å²) in [5, 5.41) is 2.38. The molecule has 0 saturated heterocycles. The summed E-state index contributed by atoms with van der Waals surface area (Å²) < 4.78 is 5.01. The third-order valence-corrected chi connectivity index (χ3v) is 1.86. The number of amides is 1. The Balaban J connectivity index is 2.64. The molecule has 1 amide bonds. The number of thiocarbonyl (C=S) groups is 1. The second-order valence-corrected chi connectivity index (χ2v) is 2.97. The number of carbonyl (C=O) groups is 1. The average molecular weight is 221 g/mol. The maximum absolute atomic E-state index is 11.0. The second kappa shape index (κ2) is 5.93. The predicted molar refractivity (Wildman–Crippen MR) is 63.8 cm³/mol. The zero-order valence-electron chi connectivity index (χ0n) is 8.27. The van der Waals surface area contributed by atoms with Gasteiger partial charge in [0.1, 0.15) is 5.75 Å². The Bertz CT molecular complexity index is 371. The topological polar surface area (TPSA) is 38.3 Å². The van der Waals surface area contributed by atoms with Crippen LogP contribution in [-0.2, 0) is 4.79 Å². The number of ether oxygens (including phenoxy) is 1. The summed E-state index contributed by atoms with van der Waals surface area (Å²) in [7, 11) is 1.61. The van der Waals surface area contributed by atoms with Gasteiger partial charge in [0, 0.05) is 6.08 Å². The van der Waals surface area contributed by atoms with Crippen LogP contribution in [0.2, 0.25) is 0 Å². The normalized spacial score (nSPS) is 9.93. The third kappa shape index (κ3) is 3.91. The lowest BCUT2D eigenvalue weighted by molar-refractivity contribution is -0.115. The van der Waals surface area contributed by atoms with Crippen LogP contribution >= 0.6 is 12.2 Å². The zero-order valence-corrected chi connectivity index (χ0v) is 9.08. The molecule has 1 aromatic carbocycles. The molecular weight excluding hydrogens is 210 g/mol. The standard InChI is InChI=1S/C11H11NO2S/c1-14-10-5-2-9(3-6-10)4-7-11(13)12-8-15/h2-8H,1H3,(H,12,13,15). The highest BCUT2D eigenvalue weighted by molar-refractivity contribution is 7.78. The smallest absolute Gasteiger partial charge is 0.248 e. The summed E-state index contributed by atoms with van der Waals surface area (Å²) in [6.45, 7) is 0. The Morgan fingerprint density at radius 2 is 2.07 bits per heavy atom. The lowest BCUT2D eigenvalue weighted by Gasteiger charge is -1.98. The Labute approximate surface area is 93.8 Å².